The van der Waals surface area contributed by atoms with Crippen molar-refractivity contribution in [3.05, 3.63) is 65.2 Å². The second kappa shape index (κ2) is 4.65. The maximum atomic E-state index is 6.11. The number of nitrogens with two attached hydrogens (primary N) is 1. The summed E-state index contributed by atoms with van der Waals surface area (Å²) in [6.07, 6.45) is 0.965. The molecule has 4 rings (SSSR count). The summed E-state index contributed by atoms with van der Waals surface area (Å²) in [4.78, 5) is 6.62. The lowest BCUT2D eigenvalue weighted by atomic mass is 9.97. The van der Waals surface area contributed by atoms with E-state index < -0.39 is 0 Å². The Labute approximate surface area is 118 Å². The van der Waals surface area contributed by atoms with Crippen LogP contribution in [0.25, 0.3) is 0 Å². The lowest BCUT2D eigenvalue weighted by molar-refractivity contribution is 0.768. The van der Waals surface area contributed by atoms with Gasteiger partial charge < -0.3 is 16.8 Å². The monoisotopic (exact) mass is 266 g/mol. The van der Waals surface area contributed by atoms with Crippen LogP contribution in [0.5, 0.6) is 0 Å². The second-order valence-electron chi connectivity index (χ2n) is 5.09. The molecule has 1 unspecified atom stereocenters. The molecule has 4 nitrogen and oxygen atoms in total. The van der Waals surface area contributed by atoms with Crippen molar-refractivity contribution in [2.45, 2.75) is 12.5 Å². The van der Waals surface area contributed by atoms with Gasteiger partial charge in [0.1, 0.15) is 0 Å². The molecule has 0 aliphatic carbocycles. The highest BCUT2D eigenvalue weighted by Gasteiger charge is 2.33. The predicted molar refractivity (Wildman–Crippen MR) is 82.4 cm³/mol. The Kier molecular flexibility index (Phi) is 2.95. The Morgan fingerprint density at radius 2 is 1.70 bits per heavy atom. The van der Waals surface area contributed by atoms with E-state index in [-0.39, 0.29) is 12.2 Å². The second-order valence-corrected chi connectivity index (χ2v) is 5.09. The van der Waals surface area contributed by atoms with Crippen molar-refractivity contribution in [1.29, 1.82) is 0 Å². The van der Waals surface area contributed by atoms with Gasteiger partial charge in [0.05, 0.1) is 12.6 Å². The van der Waals surface area contributed by atoms with Gasteiger partial charge in [-0.05, 0) is 29.2 Å². The molecule has 2 heterocycles. The van der Waals surface area contributed by atoms with Crippen LogP contribution in [0, 0.1) is 0 Å². The van der Waals surface area contributed by atoms with Gasteiger partial charge in [0.2, 0.25) is 0 Å². The summed E-state index contributed by atoms with van der Waals surface area (Å²) in [7, 11) is 0. The van der Waals surface area contributed by atoms with Gasteiger partial charge >= 0.3 is 0 Å². The molecule has 5 N–H and O–H groups in total. The van der Waals surface area contributed by atoms with Gasteiger partial charge in [-0.2, -0.15) is 0 Å². The van der Waals surface area contributed by atoms with Crippen LogP contribution in [-0.4, -0.2) is 12.5 Å². The lowest BCUT2D eigenvalue weighted by Crippen LogP contribution is -2.36. The van der Waals surface area contributed by atoms with Gasteiger partial charge in [-0.1, -0.05) is 42.5 Å². The standard InChI is InChI=1S/C16H15N3.H3N/c17-16-18-10-15-13-7-3-1-5-11(13)9-12-6-2-4-8-14(12)19(15)16;/h1-8,15H,9-10H2,(H2,17,18);1H3. The number of para-hydroxylation sites is 1. The number of aliphatic imine (C=N–C) groups is 1. The zero-order valence-electron chi connectivity index (χ0n) is 11.3. The largest absolute Gasteiger partial charge is 0.369 e. The Morgan fingerprint density at radius 3 is 2.55 bits per heavy atom. The van der Waals surface area contributed by atoms with E-state index in [1.54, 1.807) is 0 Å². The fourth-order valence-corrected chi connectivity index (χ4v) is 3.15. The number of guanidine groups is 1. The van der Waals surface area contributed by atoms with E-state index in [2.05, 4.69) is 58.4 Å². The molecule has 0 saturated carbocycles. The van der Waals surface area contributed by atoms with Crippen molar-refractivity contribution in [2.75, 3.05) is 11.4 Å². The predicted octanol–water partition coefficient (Wildman–Crippen LogP) is 2.63. The van der Waals surface area contributed by atoms with E-state index in [0.29, 0.717) is 5.96 Å². The maximum absolute atomic E-state index is 6.11. The Hall–Kier alpha value is -2.33. The molecular weight excluding hydrogens is 248 g/mol. The Bertz CT molecular complexity index is 678. The highest BCUT2D eigenvalue weighted by atomic mass is 15.3. The minimum absolute atomic E-state index is 0. The number of rotatable bonds is 0. The average Bonchev–Trinajstić information content (AvgIpc) is 2.75. The summed E-state index contributed by atoms with van der Waals surface area (Å²) < 4.78 is 0. The number of hydrogen-bond acceptors (Lipinski definition) is 4. The molecule has 20 heavy (non-hydrogen) atoms. The summed E-state index contributed by atoms with van der Waals surface area (Å²) in [5.41, 5.74) is 11.4. The van der Waals surface area contributed by atoms with Gasteiger partial charge in [-0.3, -0.25) is 4.99 Å². The molecule has 2 aliphatic heterocycles. The number of benzene rings is 2. The molecule has 4 heteroatoms. The molecule has 1 atom stereocenters. The van der Waals surface area contributed by atoms with E-state index in [0.717, 1.165) is 13.0 Å². The summed E-state index contributed by atoms with van der Waals surface area (Å²) >= 11 is 0. The molecule has 0 radical (unpaired) electrons. The van der Waals surface area contributed by atoms with Crippen molar-refractivity contribution in [3.8, 4) is 0 Å². The van der Waals surface area contributed by atoms with E-state index in [1.807, 2.05) is 0 Å². The van der Waals surface area contributed by atoms with Gasteiger partial charge in [0.25, 0.3) is 0 Å². The molecule has 0 fully saturated rings. The molecule has 102 valence electrons. The van der Waals surface area contributed by atoms with Crippen LogP contribution in [0.15, 0.2) is 53.5 Å². The first-order valence-corrected chi connectivity index (χ1v) is 6.59. The van der Waals surface area contributed by atoms with E-state index in [1.165, 1.54) is 22.4 Å². The molecule has 0 bridgehead atoms. The van der Waals surface area contributed by atoms with Gasteiger partial charge in [0, 0.05) is 5.69 Å². The van der Waals surface area contributed by atoms with Crippen LogP contribution in [0.2, 0.25) is 0 Å². The van der Waals surface area contributed by atoms with E-state index >= 15 is 0 Å². The van der Waals surface area contributed by atoms with Gasteiger partial charge in [0.15, 0.2) is 5.96 Å². The third-order valence-electron chi connectivity index (χ3n) is 4.03. The average molecular weight is 266 g/mol. The van der Waals surface area contributed by atoms with Gasteiger partial charge in [-0.15, -0.1) is 0 Å². The normalized spacial score (nSPS) is 19.1. The Morgan fingerprint density at radius 1 is 1.00 bits per heavy atom. The Balaban J connectivity index is 0.00000121. The maximum Gasteiger partial charge on any atom is 0.196 e. The number of nitrogens with zero attached hydrogens (tertiary/aromatic N) is 2. The summed E-state index contributed by atoms with van der Waals surface area (Å²) in [6.45, 7) is 0.747. The molecule has 2 aromatic rings. The van der Waals surface area contributed by atoms with Crippen LogP contribution in [-0.2, 0) is 6.42 Å². The van der Waals surface area contributed by atoms with Crippen LogP contribution in [0.3, 0.4) is 0 Å². The molecule has 0 saturated heterocycles. The lowest BCUT2D eigenvalue weighted by Gasteiger charge is -2.26. The van der Waals surface area contributed by atoms with Crippen LogP contribution < -0.4 is 16.8 Å². The molecule has 2 aliphatic rings. The van der Waals surface area contributed by atoms with Crippen molar-refractivity contribution in [2.24, 2.45) is 10.7 Å². The SMILES string of the molecule is N.NC1=NCC2c3ccccc3Cc3ccccc3N12. The van der Waals surface area contributed by atoms with Crippen LogP contribution in [0.1, 0.15) is 22.7 Å². The zero-order chi connectivity index (χ0) is 12.8. The third kappa shape index (κ3) is 1.69. The highest BCUT2D eigenvalue weighted by Crippen LogP contribution is 2.39. The fourth-order valence-electron chi connectivity index (χ4n) is 3.15. The first-order chi connectivity index (χ1) is 9.34. The zero-order valence-corrected chi connectivity index (χ0v) is 11.3. The van der Waals surface area contributed by atoms with Crippen molar-refractivity contribution >= 4 is 11.6 Å². The molecular formula is C16H18N4. The molecule has 0 aromatic heterocycles. The molecule has 0 spiro atoms. The third-order valence-corrected chi connectivity index (χ3v) is 4.03. The van der Waals surface area contributed by atoms with Crippen molar-refractivity contribution < 1.29 is 0 Å². The van der Waals surface area contributed by atoms with E-state index in [4.69, 9.17) is 5.73 Å². The minimum Gasteiger partial charge on any atom is -0.369 e. The summed E-state index contributed by atoms with van der Waals surface area (Å²) in [5.74, 6) is 0.633. The minimum atomic E-state index is 0. The molecule has 0 amide bonds. The van der Waals surface area contributed by atoms with E-state index in [9.17, 15) is 0 Å². The number of fused-ring (bicyclic) bond motifs is 5. The van der Waals surface area contributed by atoms with Gasteiger partial charge in [-0.25, -0.2) is 0 Å². The van der Waals surface area contributed by atoms with Crippen LogP contribution >= 0.6 is 0 Å². The van der Waals surface area contributed by atoms with Crippen molar-refractivity contribution in [1.82, 2.24) is 6.15 Å². The topological polar surface area (TPSA) is 76.6 Å². The van der Waals surface area contributed by atoms with Crippen LogP contribution in [0.4, 0.5) is 5.69 Å². The first-order valence-electron chi connectivity index (χ1n) is 6.59. The first kappa shape index (κ1) is 12.7. The number of hydrogen-bond donors (Lipinski definition) is 2. The number of anilines is 1. The summed E-state index contributed by atoms with van der Waals surface area (Å²) in [6, 6.07) is 17.3. The van der Waals surface area contributed by atoms with Crippen molar-refractivity contribution in [3.63, 3.8) is 0 Å². The smallest absolute Gasteiger partial charge is 0.196 e. The summed E-state index contributed by atoms with van der Waals surface area (Å²) in [5, 5.41) is 0. The molecule has 2 aromatic carbocycles. The fraction of sp³-hybridized carbons (Fsp3) is 0.188. The highest BCUT2D eigenvalue weighted by molar-refractivity contribution is 5.98. The quantitative estimate of drug-likeness (QED) is 0.769.